The summed E-state index contributed by atoms with van der Waals surface area (Å²) in [6.45, 7) is 4.39. The predicted molar refractivity (Wildman–Crippen MR) is 95.6 cm³/mol. The molecule has 4 rings (SSSR count). The molecule has 0 spiro atoms. The van der Waals surface area contributed by atoms with E-state index in [9.17, 15) is 4.79 Å². The lowest BCUT2D eigenvalue weighted by Gasteiger charge is -2.25. The Morgan fingerprint density at radius 2 is 2.12 bits per heavy atom. The maximum Gasteiger partial charge on any atom is 0.254 e. The van der Waals surface area contributed by atoms with Crippen LogP contribution in [0.5, 0.6) is 0 Å². The highest BCUT2D eigenvalue weighted by Gasteiger charge is 2.15. The van der Waals surface area contributed by atoms with Gasteiger partial charge in [-0.2, -0.15) is 0 Å². The van der Waals surface area contributed by atoms with Crippen LogP contribution < -0.4 is 5.32 Å². The molecule has 0 bridgehead atoms. The summed E-state index contributed by atoms with van der Waals surface area (Å²) in [5, 5.41) is 3.80. The summed E-state index contributed by atoms with van der Waals surface area (Å²) in [6, 6.07) is 9.77. The highest BCUT2D eigenvalue weighted by Crippen LogP contribution is 2.21. The van der Waals surface area contributed by atoms with E-state index in [2.05, 4.69) is 15.2 Å². The summed E-state index contributed by atoms with van der Waals surface area (Å²) in [5.74, 6) is 0.656. The van der Waals surface area contributed by atoms with Crippen molar-refractivity contribution in [1.82, 2.24) is 15.2 Å². The van der Waals surface area contributed by atoms with Gasteiger partial charge in [0.2, 0.25) is 0 Å². The minimum absolute atomic E-state index is 0.142. The number of ether oxygens (including phenoxy) is 1. The Morgan fingerprint density at radius 1 is 1.28 bits per heavy atom. The minimum Gasteiger partial charge on any atom is -0.467 e. The lowest BCUT2D eigenvalue weighted by Crippen LogP contribution is -2.35. The fourth-order valence-electron chi connectivity index (χ4n) is 2.82. The third kappa shape index (κ3) is 3.89. The number of rotatable bonds is 5. The topological polar surface area (TPSA) is 67.6 Å². The zero-order valence-corrected chi connectivity index (χ0v) is 14.6. The molecule has 0 saturated carbocycles. The monoisotopic (exact) mass is 357 g/mol. The molecule has 0 aliphatic carbocycles. The number of aromatic nitrogens is 1. The van der Waals surface area contributed by atoms with Gasteiger partial charge in [-0.05, 0) is 18.2 Å². The summed E-state index contributed by atoms with van der Waals surface area (Å²) < 4.78 is 12.0. The summed E-state index contributed by atoms with van der Waals surface area (Å²) in [6.07, 6.45) is 1.52. The highest BCUT2D eigenvalue weighted by molar-refractivity contribution is 7.18. The predicted octanol–water partition coefficient (Wildman–Crippen LogP) is 2.65. The molecule has 1 N–H and O–H groups in total. The third-order valence-electron chi connectivity index (χ3n) is 4.14. The van der Waals surface area contributed by atoms with Gasteiger partial charge >= 0.3 is 0 Å². The van der Waals surface area contributed by atoms with Crippen LogP contribution in [-0.4, -0.2) is 42.1 Å². The molecule has 0 atom stereocenters. The Bertz CT molecular complexity index is 834. The second kappa shape index (κ2) is 7.35. The first-order valence-electron chi connectivity index (χ1n) is 8.28. The summed E-state index contributed by atoms with van der Waals surface area (Å²) in [5.41, 5.74) is 1.51. The molecular formula is C18H19N3O3S. The molecule has 25 heavy (non-hydrogen) atoms. The number of furan rings is 1. The Labute approximate surface area is 149 Å². The zero-order valence-electron chi connectivity index (χ0n) is 13.7. The van der Waals surface area contributed by atoms with E-state index in [0.29, 0.717) is 18.7 Å². The number of hydrogen-bond acceptors (Lipinski definition) is 6. The number of fused-ring (bicyclic) bond motifs is 1. The molecule has 1 fully saturated rings. The van der Waals surface area contributed by atoms with Crippen molar-refractivity contribution in [1.29, 1.82) is 0 Å². The second-order valence-corrected chi connectivity index (χ2v) is 7.06. The fourth-order valence-corrected chi connectivity index (χ4v) is 3.72. The van der Waals surface area contributed by atoms with Gasteiger partial charge in [0, 0.05) is 13.1 Å². The summed E-state index contributed by atoms with van der Waals surface area (Å²) >= 11 is 1.60. The average molecular weight is 357 g/mol. The van der Waals surface area contributed by atoms with Crippen LogP contribution in [0.1, 0.15) is 21.1 Å². The van der Waals surface area contributed by atoms with Crippen LogP contribution in [0.2, 0.25) is 0 Å². The van der Waals surface area contributed by atoms with Crippen molar-refractivity contribution in [2.75, 3.05) is 26.3 Å². The fraction of sp³-hybridized carbons (Fsp3) is 0.333. The number of morpholine rings is 1. The van der Waals surface area contributed by atoms with Gasteiger partial charge in [0.15, 0.2) is 0 Å². The third-order valence-corrected chi connectivity index (χ3v) is 5.17. The second-order valence-electron chi connectivity index (χ2n) is 5.95. The number of amides is 1. The molecule has 3 heterocycles. The SMILES string of the molecule is O=C(NCc1nc2ccccc2s1)c1coc(CN2CCOCC2)c1. The number of nitrogens with one attached hydrogen (secondary N) is 1. The van der Waals surface area contributed by atoms with Gasteiger partial charge < -0.3 is 14.5 Å². The first-order chi connectivity index (χ1) is 12.3. The molecule has 130 valence electrons. The standard InChI is InChI=1S/C18H19N3O3S/c22-18(19-10-17-20-15-3-1-2-4-16(15)25-17)13-9-14(24-12-13)11-21-5-7-23-8-6-21/h1-4,9,12H,5-8,10-11H2,(H,19,22). The Morgan fingerprint density at radius 3 is 2.96 bits per heavy atom. The van der Waals surface area contributed by atoms with Gasteiger partial charge in [-0.15, -0.1) is 11.3 Å². The molecule has 6 nitrogen and oxygen atoms in total. The van der Waals surface area contributed by atoms with Crippen LogP contribution in [0.3, 0.4) is 0 Å². The molecule has 0 radical (unpaired) electrons. The Hall–Kier alpha value is -2.22. The van der Waals surface area contributed by atoms with Crippen molar-refractivity contribution in [3.8, 4) is 0 Å². The molecule has 2 aromatic heterocycles. The van der Waals surface area contributed by atoms with Crippen LogP contribution >= 0.6 is 11.3 Å². The number of carbonyl (C=O) groups excluding carboxylic acids is 1. The van der Waals surface area contributed by atoms with Gasteiger partial charge in [0.05, 0.1) is 42.1 Å². The van der Waals surface area contributed by atoms with Gasteiger partial charge in [0.25, 0.3) is 5.91 Å². The number of nitrogens with zero attached hydrogens (tertiary/aromatic N) is 2. The van der Waals surface area contributed by atoms with Crippen LogP contribution in [0.25, 0.3) is 10.2 Å². The van der Waals surface area contributed by atoms with Crippen molar-refractivity contribution in [2.24, 2.45) is 0 Å². The van der Waals surface area contributed by atoms with Crippen LogP contribution in [0, 0.1) is 0 Å². The Balaban J connectivity index is 1.34. The van der Waals surface area contributed by atoms with Crippen LogP contribution in [0.15, 0.2) is 41.0 Å². The summed E-state index contributed by atoms with van der Waals surface area (Å²) in [7, 11) is 0. The first-order valence-corrected chi connectivity index (χ1v) is 9.10. The van der Waals surface area contributed by atoms with Crippen molar-refractivity contribution in [3.63, 3.8) is 0 Å². The van der Waals surface area contributed by atoms with Crippen LogP contribution in [-0.2, 0) is 17.8 Å². The summed E-state index contributed by atoms with van der Waals surface area (Å²) in [4.78, 5) is 19.1. The quantitative estimate of drug-likeness (QED) is 0.760. The molecule has 3 aromatic rings. The molecular weight excluding hydrogens is 338 g/mol. The normalized spacial score (nSPS) is 15.5. The van der Waals surface area contributed by atoms with Gasteiger partial charge in [-0.3, -0.25) is 9.69 Å². The van der Waals surface area contributed by atoms with Crippen molar-refractivity contribution in [3.05, 3.63) is 52.9 Å². The molecule has 1 saturated heterocycles. The van der Waals surface area contributed by atoms with Crippen molar-refractivity contribution >= 4 is 27.5 Å². The number of para-hydroxylation sites is 1. The van der Waals surface area contributed by atoms with E-state index < -0.39 is 0 Å². The van der Waals surface area contributed by atoms with Gasteiger partial charge in [0.1, 0.15) is 17.0 Å². The first kappa shape index (κ1) is 16.3. The number of benzene rings is 1. The molecule has 0 unspecified atom stereocenters. The number of carbonyl (C=O) groups is 1. The zero-order chi connectivity index (χ0) is 17.1. The number of thiazole rings is 1. The molecule has 1 amide bonds. The molecule has 7 heteroatoms. The molecule has 1 aliphatic rings. The minimum atomic E-state index is -0.142. The van der Waals surface area contributed by atoms with E-state index in [1.54, 1.807) is 11.3 Å². The molecule has 1 aromatic carbocycles. The maximum absolute atomic E-state index is 12.3. The lowest BCUT2D eigenvalue weighted by atomic mass is 10.2. The largest absolute Gasteiger partial charge is 0.467 e. The van der Waals surface area contributed by atoms with Gasteiger partial charge in [-0.1, -0.05) is 12.1 Å². The maximum atomic E-state index is 12.3. The van der Waals surface area contributed by atoms with Crippen LogP contribution in [0.4, 0.5) is 0 Å². The van der Waals surface area contributed by atoms with E-state index >= 15 is 0 Å². The highest BCUT2D eigenvalue weighted by atomic mass is 32.1. The lowest BCUT2D eigenvalue weighted by molar-refractivity contribution is 0.0313. The van der Waals surface area contributed by atoms with Crippen molar-refractivity contribution in [2.45, 2.75) is 13.1 Å². The Kier molecular flexibility index (Phi) is 4.78. The van der Waals surface area contributed by atoms with Gasteiger partial charge in [-0.25, -0.2) is 4.98 Å². The smallest absolute Gasteiger partial charge is 0.254 e. The van der Waals surface area contributed by atoms with Crippen molar-refractivity contribution < 1.29 is 13.9 Å². The van der Waals surface area contributed by atoms with E-state index in [1.165, 1.54) is 6.26 Å². The van der Waals surface area contributed by atoms with E-state index in [4.69, 9.17) is 9.15 Å². The molecule has 1 aliphatic heterocycles. The van der Waals surface area contributed by atoms with E-state index in [1.807, 2.05) is 30.3 Å². The average Bonchev–Trinajstić information content (AvgIpc) is 3.27. The van der Waals surface area contributed by atoms with E-state index in [-0.39, 0.29) is 5.91 Å². The number of hydrogen-bond donors (Lipinski definition) is 1. The van der Waals surface area contributed by atoms with E-state index in [0.717, 1.165) is 47.3 Å².